The van der Waals surface area contributed by atoms with Crippen LogP contribution >= 0.6 is 0 Å². The van der Waals surface area contributed by atoms with Crippen molar-refractivity contribution in [1.82, 2.24) is 5.32 Å². The Balaban J connectivity index is 2.15. The van der Waals surface area contributed by atoms with Crippen molar-refractivity contribution in [1.29, 1.82) is 0 Å². The van der Waals surface area contributed by atoms with Crippen molar-refractivity contribution in [2.75, 3.05) is 6.61 Å². The van der Waals surface area contributed by atoms with Gasteiger partial charge in [0.05, 0.1) is 12.6 Å². The van der Waals surface area contributed by atoms with E-state index in [4.69, 9.17) is 0 Å². The second kappa shape index (κ2) is 6.41. The minimum absolute atomic E-state index is 0.0280. The minimum Gasteiger partial charge on any atom is -0.508 e. The second-order valence-corrected chi connectivity index (χ2v) is 4.78. The molecule has 4 N–H and O–H groups in total. The molecule has 106 valence electrons. The molecule has 2 aromatic rings. The number of benzene rings is 2. The zero-order valence-corrected chi connectivity index (χ0v) is 11.3. The number of hydrogen-bond donors (Lipinski definition) is 4. The summed E-state index contributed by atoms with van der Waals surface area (Å²) in [5.74, 6) is 0.0648. The van der Waals surface area contributed by atoms with Crippen LogP contribution in [-0.4, -0.2) is 21.9 Å². The number of aliphatic hydroxyl groups is 1. The fraction of sp³-hybridized carbons (Fsp3) is 0.250. The Kier molecular flexibility index (Phi) is 4.61. The van der Waals surface area contributed by atoms with Crippen LogP contribution in [0.1, 0.15) is 30.1 Å². The third-order valence-corrected chi connectivity index (χ3v) is 3.32. The largest absolute Gasteiger partial charge is 0.508 e. The van der Waals surface area contributed by atoms with Crippen molar-refractivity contribution in [3.05, 3.63) is 59.7 Å². The van der Waals surface area contributed by atoms with E-state index in [0.717, 1.165) is 5.56 Å². The fourth-order valence-electron chi connectivity index (χ4n) is 2.23. The molecule has 4 heteroatoms. The molecule has 0 aliphatic heterocycles. The van der Waals surface area contributed by atoms with Gasteiger partial charge in [-0.2, -0.15) is 0 Å². The highest BCUT2D eigenvalue weighted by Gasteiger charge is 2.16. The van der Waals surface area contributed by atoms with Crippen molar-refractivity contribution >= 4 is 0 Å². The first-order valence-corrected chi connectivity index (χ1v) is 6.55. The summed E-state index contributed by atoms with van der Waals surface area (Å²) in [5, 5.41) is 32.0. The molecule has 0 amide bonds. The summed E-state index contributed by atoms with van der Waals surface area (Å²) in [6, 6.07) is 13.8. The van der Waals surface area contributed by atoms with Gasteiger partial charge in [0, 0.05) is 17.7 Å². The summed E-state index contributed by atoms with van der Waals surface area (Å²) in [6.07, 6.45) is 0. The van der Waals surface area contributed by atoms with E-state index in [1.54, 1.807) is 6.07 Å². The first-order valence-electron chi connectivity index (χ1n) is 6.55. The zero-order valence-electron chi connectivity index (χ0n) is 11.3. The van der Waals surface area contributed by atoms with E-state index in [9.17, 15) is 15.3 Å². The van der Waals surface area contributed by atoms with E-state index in [2.05, 4.69) is 5.32 Å². The van der Waals surface area contributed by atoms with Crippen LogP contribution in [-0.2, 0) is 0 Å². The molecule has 0 heterocycles. The van der Waals surface area contributed by atoms with E-state index in [1.165, 1.54) is 12.1 Å². The third kappa shape index (κ3) is 3.29. The fourth-order valence-corrected chi connectivity index (χ4v) is 2.23. The van der Waals surface area contributed by atoms with Gasteiger partial charge in [0.2, 0.25) is 0 Å². The molecule has 0 aliphatic rings. The third-order valence-electron chi connectivity index (χ3n) is 3.32. The predicted molar refractivity (Wildman–Crippen MR) is 77.6 cm³/mol. The molecule has 4 nitrogen and oxygen atoms in total. The van der Waals surface area contributed by atoms with Crippen LogP contribution in [0.15, 0.2) is 48.5 Å². The molecule has 20 heavy (non-hydrogen) atoms. The first-order chi connectivity index (χ1) is 9.61. The molecule has 2 unspecified atom stereocenters. The summed E-state index contributed by atoms with van der Waals surface area (Å²) in [7, 11) is 0. The number of aromatic hydroxyl groups is 2. The standard InChI is InChI=1S/C16H19NO3/c1-11(14-8-7-13(19)9-16(14)20)17-15(10-18)12-5-3-2-4-6-12/h2-9,11,15,17-20H,10H2,1H3. The first kappa shape index (κ1) is 14.4. The van der Waals surface area contributed by atoms with E-state index in [1.807, 2.05) is 37.3 Å². The molecule has 0 fully saturated rings. The number of rotatable bonds is 5. The SMILES string of the molecule is CC(NC(CO)c1ccccc1)c1ccc(O)cc1O. The zero-order chi connectivity index (χ0) is 14.5. The van der Waals surface area contributed by atoms with Gasteiger partial charge in [-0.3, -0.25) is 0 Å². The van der Waals surface area contributed by atoms with Gasteiger partial charge in [-0.1, -0.05) is 36.4 Å². The lowest BCUT2D eigenvalue weighted by molar-refractivity contribution is 0.234. The van der Waals surface area contributed by atoms with Crippen LogP contribution in [0.4, 0.5) is 0 Å². The van der Waals surface area contributed by atoms with Gasteiger partial charge in [0.1, 0.15) is 11.5 Å². The quantitative estimate of drug-likeness (QED) is 0.675. The highest BCUT2D eigenvalue weighted by Crippen LogP contribution is 2.29. The highest BCUT2D eigenvalue weighted by atomic mass is 16.3. The number of phenols is 2. The van der Waals surface area contributed by atoms with Crippen molar-refractivity contribution < 1.29 is 15.3 Å². The van der Waals surface area contributed by atoms with Gasteiger partial charge in [0.25, 0.3) is 0 Å². The lowest BCUT2D eigenvalue weighted by Gasteiger charge is -2.23. The molecule has 2 atom stereocenters. The summed E-state index contributed by atoms with van der Waals surface area (Å²) < 4.78 is 0. The molecule has 0 saturated heterocycles. The van der Waals surface area contributed by atoms with Crippen LogP contribution in [0.25, 0.3) is 0 Å². The van der Waals surface area contributed by atoms with Crippen molar-refractivity contribution in [2.24, 2.45) is 0 Å². The summed E-state index contributed by atoms with van der Waals surface area (Å²) in [5.41, 5.74) is 1.66. The van der Waals surface area contributed by atoms with Gasteiger partial charge in [0.15, 0.2) is 0 Å². The van der Waals surface area contributed by atoms with Crippen molar-refractivity contribution in [3.63, 3.8) is 0 Å². The van der Waals surface area contributed by atoms with E-state index < -0.39 is 0 Å². The molecule has 0 aromatic heterocycles. The van der Waals surface area contributed by atoms with E-state index in [0.29, 0.717) is 5.56 Å². The number of nitrogens with one attached hydrogen (secondary N) is 1. The lowest BCUT2D eigenvalue weighted by atomic mass is 10.0. The monoisotopic (exact) mass is 273 g/mol. The van der Waals surface area contributed by atoms with Crippen LogP contribution in [0.3, 0.4) is 0 Å². The second-order valence-electron chi connectivity index (χ2n) is 4.78. The van der Waals surface area contributed by atoms with Crippen molar-refractivity contribution in [2.45, 2.75) is 19.0 Å². The molecule has 0 saturated carbocycles. The van der Waals surface area contributed by atoms with Gasteiger partial charge >= 0.3 is 0 Å². The number of hydrogen-bond acceptors (Lipinski definition) is 4. The molecule has 0 radical (unpaired) electrons. The molecular formula is C16H19NO3. The van der Waals surface area contributed by atoms with Gasteiger partial charge in [-0.25, -0.2) is 0 Å². The summed E-state index contributed by atoms with van der Waals surface area (Å²) in [4.78, 5) is 0. The lowest BCUT2D eigenvalue weighted by Crippen LogP contribution is -2.27. The van der Waals surface area contributed by atoms with Crippen LogP contribution in [0, 0.1) is 0 Å². The summed E-state index contributed by atoms with van der Waals surface area (Å²) >= 11 is 0. The predicted octanol–water partition coefficient (Wildman–Crippen LogP) is 2.48. The molecule has 2 aromatic carbocycles. The van der Waals surface area contributed by atoms with Gasteiger partial charge in [-0.05, 0) is 18.6 Å². The normalized spacial score (nSPS) is 13.9. The average molecular weight is 273 g/mol. The van der Waals surface area contributed by atoms with Crippen LogP contribution < -0.4 is 5.32 Å². The minimum atomic E-state index is -0.209. The molecule has 2 rings (SSSR count). The van der Waals surface area contributed by atoms with Gasteiger partial charge < -0.3 is 20.6 Å². The Hall–Kier alpha value is -2.04. The number of aliphatic hydroxyl groups excluding tert-OH is 1. The maximum atomic E-state index is 9.86. The topological polar surface area (TPSA) is 72.7 Å². The van der Waals surface area contributed by atoms with Crippen LogP contribution in [0.2, 0.25) is 0 Å². The van der Waals surface area contributed by atoms with E-state index in [-0.39, 0.29) is 30.2 Å². The maximum absolute atomic E-state index is 9.86. The van der Waals surface area contributed by atoms with E-state index >= 15 is 0 Å². The van der Waals surface area contributed by atoms with Crippen LogP contribution in [0.5, 0.6) is 11.5 Å². The summed E-state index contributed by atoms with van der Waals surface area (Å²) in [6.45, 7) is 1.87. The number of phenolic OH excluding ortho intramolecular Hbond substituents is 2. The Labute approximate surface area is 118 Å². The molecule has 0 spiro atoms. The molecule has 0 aliphatic carbocycles. The Morgan fingerprint density at radius 1 is 1.05 bits per heavy atom. The average Bonchev–Trinajstić information content (AvgIpc) is 2.45. The van der Waals surface area contributed by atoms with Gasteiger partial charge in [-0.15, -0.1) is 0 Å². The molecular weight excluding hydrogens is 254 g/mol. The van der Waals surface area contributed by atoms with Crippen molar-refractivity contribution in [3.8, 4) is 11.5 Å². The highest BCUT2D eigenvalue weighted by molar-refractivity contribution is 5.40. The Morgan fingerprint density at radius 3 is 2.35 bits per heavy atom. The smallest absolute Gasteiger partial charge is 0.124 e. The maximum Gasteiger partial charge on any atom is 0.124 e. The Bertz CT molecular complexity index is 557. The molecule has 0 bridgehead atoms. The Morgan fingerprint density at radius 2 is 1.75 bits per heavy atom.